The predicted molar refractivity (Wildman–Crippen MR) is 198 cm³/mol. The Bertz CT molecular complexity index is 2560. The summed E-state index contributed by atoms with van der Waals surface area (Å²) in [7, 11) is -23.1. The average Bonchev–Trinajstić information content (AvgIpc) is 3.98. The number of nitrogens with one attached hydrogen (secondary N) is 2. The van der Waals surface area contributed by atoms with Crippen LogP contribution in [0.3, 0.4) is 0 Å². The Morgan fingerprint density at radius 2 is 1.00 bits per heavy atom. The zero-order valence-corrected chi connectivity index (χ0v) is 54.5. The Balaban J connectivity index is 0. The van der Waals surface area contributed by atoms with Crippen molar-refractivity contribution in [1.29, 1.82) is 0 Å². The summed E-state index contributed by atoms with van der Waals surface area (Å²) in [6.07, 6.45) is -9.26. The van der Waals surface area contributed by atoms with Crippen molar-refractivity contribution >= 4 is 77.4 Å². The van der Waals surface area contributed by atoms with E-state index < -0.39 is 106 Å². The number of nitrogens with two attached hydrogens (primary N) is 4. The number of nitrogens with zero attached hydrogens (tertiary/aromatic N) is 8. The number of carbonyl (C=O) groups excluding carboxylic acids is 2. The van der Waals surface area contributed by atoms with Crippen LogP contribution in [0.4, 0.5) is 21.2 Å². The SMILES string of the molecule is NCCNC(=O)O[C@@H]1[C@H](O)[C@@H](COP(=O)([O-])OP(=O)([O-])[O-])O[C@H]1n1cnc2c(N)ncnc21.NCCNC(=O)O[C@H]1[C@@H](O)[C@H](n2cnc3c(N)ncnc32)O[C@@H]1COP(=O)([O-])OP(=O)([O-])[O-].[Na+].[Na+].[Na+].[Na+].[Na+].[Na+]. The molecule has 368 valence electrons. The van der Waals surface area contributed by atoms with Crippen LogP contribution in [-0.2, 0) is 54.9 Å². The van der Waals surface area contributed by atoms with Gasteiger partial charge >= 0.3 is 190 Å². The molecule has 0 radical (unpaired) electrons. The number of rotatable bonds is 18. The summed E-state index contributed by atoms with van der Waals surface area (Å²) in [5, 5.41) is 26.0. The van der Waals surface area contributed by atoms with Crippen LogP contribution >= 0.6 is 31.3 Å². The summed E-state index contributed by atoms with van der Waals surface area (Å²) in [6.45, 7) is -1.72. The number of nitrogen functional groups attached to an aromatic ring is 2. The number of carbonyl (C=O) groups is 2. The number of fused-ring (bicyclic) bond motifs is 2. The van der Waals surface area contributed by atoms with E-state index >= 15 is 0 Å². The standard InChI is InChI=1S/2C13H21N7O11P2.6Na/c14-1-2-16-13(22)30-9-6(3-28-33(26,27)31-32(23,24)25)29-12(8(9)21)20-5-19-7-10(15)17-4-18-11(7)20;14-1-2-16-13(22)30-9-8(21)6(3-28-33(26,27)31-32(23,24)25)29-12(9)20-5-19-7-10(15)17-4-18-11(7)20;;;;;;/h2*4-6,8-9,12,21H,1-3,14H2,(H,16,22)(H,26,27)(H2,15,17,18)(H2,23,24,25);;;;;;/q;;6*+1/p-6/t2*6-,8-,9-,12-;;;;;;/m11....../s1. The van der Waals surface area contributed by atoms with Gasteiger partial charge < -0.3 is 110 Å². The molecule has 0 aromatic carbocycles. The molecular weight excluding hydrogens is 1120 g/mol. The van der Waals surface area contributed by atoms with Crippen molar-refractivity contribution in [3.63, 3.8) is 0 Å². The van der Waals surface area contributed by atoms with Gasteiger partial charge in [0.25, 0.3) is 15.6 Å². The molecule has 6 heterocycles. The van der Waals surface area contributed by atoms with Gasteiger partial charge in [0.15, 0.2) is 47.6 Å². The molecule has 0 spiro atoms. The van der Waals surface area contributed by atoms with Crippen LogP contribution in [0.2, 0.25) is 0 Å². The van der Waals surface area contributed by atoms with Gasteiger partial charge in [0.2, 0.25) is 0 Å². The van der Waals surface area contributed by atoms with E-state index in [2.05, 4.69) is 58.2 Å². The van der Waals surface area contributed by atoms with Crippen molar-refractivity contribution in [3.05, 3.63) is 25.3 Å². The van der Waals surface area contributed by atoms with E-state index in [4.69, 9.17) is 41.9 Å². The Morgan fingerprint density at radius 1 is 0.611 bits per heavy atom. The average molecular weight is 1160 g/mol. The summed E-state index contributed by atoms with van der Waals surface area (Å²) < 4.78 is 83.6. The first-order valence-electron chi connectivity index (χ1n) is 18.0. The number of amides is 2. The monoisotopic (exact) mass is 1160 g/mol. The van der Waals surface area contributed by atoms with E-state index in [-0.39, 0.29) is 237 Å². The summed E-state index contributed by atoms with van der Waals surface area (Å²) >= 11 is 0. The molecule has 0 saturated carbocycles. The quantitative estimate of drug-likeness (QED) is 0.0339. The fourth-order valence-electron chi connectivity index (χ4n) is 5.85. The molecule has 4 aromatic heterocycles. The normalized spacial score (nSPS) is 23.0. The molecule has 4 aromatic rings. The van der Waals surface area contributed by atoms with Crippen LogP contribution in [0, 0.1) is 0 Å². The molecule has 12 N–H and O–H groups in total. The van der Waals surface area contributed by atoms with Gasteiger partial charge in [0.1, 0.15) is 48.1 Å². The molecule has 2 fully saturated rings. The number of aliphatic hydroxyl groups excluding tert-OH is 2. The summed E-state index contributed by atoms with van der Waals surface area (Å²) in [5.41, 5.74) is 22.7. The molecule has 0 aliphatic carbocycles. The fraction of sp³-hybridized carbons (Fsp3) is 0.538. The minimum Gasteiger partial charge on any atom is -0.790 e. The zero-order valence-electron chi connectivity index (χ0n) is 38.9. The van der Waals surface area contributed by atoms with Crippen LogP contribution in [0.1, 0.15) is 12.5 Å². The summed E-state index contributed by atoms with van der Waals surface area (Å²) in [6, 6.07) is 0. The molecule has 2 aliphatic heterocycles. The Hall–Kier alpha value is 1.52. The number of phosphoric acid groups is 4. The molecule has 10 atom stereocenters. The van der Waals surface area contributed by atoms with Crippen molar-refractivity contribution in [1.82, 2.24) is 49.7 Å². The zero-order chi connectivity index (χ0) is 48.8. The number of imidazole rings is 2. The van der Waals surface area contributed by atoms with Gasteiger partial charge in [-0.1, -0.05) is 0 Å². The van der Waals surface area contributed by atoms with E-state index in [9.17, 15) is 67.4 Å². The van der Waals surface area contributed by atoms with Crippen molar-refractivity contribution in [2.24, 2.45) is 11.5 Å². The second-order valence-corrected chi connectivity index (χ2v) is 18.4. The second kappa shape index (κ2) is 33.3. The summed E-state index contributed by atoms with van der Waals surface area (Å²) in [4.78, 5) is 113. The van der Waals surface area contributed by atoms with Crippen LogP contribution in [0.5, 0.6) is 0 Å². The summed E-state index contributed by atoms with van der Waals surface area (Å²) in [5.74, 6) is 0.0589. The maximum absolute atomic E-state index is 12.0. The minimum atomic E-state index is -5.93. The van der Waals surface area contributed by atoms with Gasteiger partial charge in [0.05, 0.1) is 41.5 Å². The third kappa shape index (κ3) is 21.9. The number of phosphoric ester groups is 2. The van der Waals surface area contributed by atoms with Crippen molar-refractivity contribution < 1.29 is 281 Å². The van der Waals surface area contributed by atoms with Gasteiger partial charge in [-0.2, -0.15) is 0 Å². The fourth-order valence-corrected chi connectivity index (χ4v) is 8.84. The van der Waals surface area contributed by atoms with Gasteiger partial charge in [-0.25, -0.2) is 39.5 Å². The minimum absolute atomic E-state index is 0. The van der Waals surface area contributed by atoms with Gasteiger partial charge in [0, 0.05) is 26.2 Å². The molecule has 2 unspecified atom stereocenters. The smallest absolute Gasteiger partial charge is 0.790 e. The first-order valence-corrected chi connectivity index (χ1v) is 23.9. The number of alkyl carbamates (subject to hydrolysis) is 2. The number of aliphatic hydroxyl groups is 2. The topological polar surface area (TPSA) is 570 Å². The van der Waals surface area contributed by atoms with E-state index in [1.807, 2.05) is 0 Å². The van der Waals surface area contributed by atoms with Crippen LogP contribution in [0.15, 0.2) is 25.3 Å². The molecule has 0 bridgehead atoms. The number of hydrogen-bond donors (Lipinski definition) is 8. The number of ether oxygens (including phenoxy) is 4. The maximum atomic E-state index is 12.0. The molecule has 2 amide bonds. The molecule has 72 heavy (non-hydrogen) atoms. The molecule has 46 heteroatoms. The van der Waals surface area contributed by atoms with Gasteiger partial charge in [-0.05, 0) is 0 Å². The van der Waals surface area contributed by atoms with Crippen molar-refractivity contribution in [2.75, 3.05) is 50.9 Å². The maximum Gasteiger partial charge on any atom is 1.00 e. The third-order valence-electron chi connectivity index (χ3n) is 8.45. The Morgan fingerprint density at radius 3 is 1.42 bits per heavy atom. The molecule has 36 nitrogen and oxygen atoms in total. The van der Waals surface area contributed by atoms with Crippen LogP contribution in [-0.4, -0.2) is 137 Å². The number of hydrogen-bond acceptors (Lipinski definition) is 32. The van der Waals surface area contributed by atoms with Gasteiger partial charge in [-0.15, -0.1) is 0 Å². The Labute approximate surface area is 538 Å². The van der Waals surface area contributed by atoms with E-state index in [1.54, 1.807) is 0 Å². The van der Waals surface area contributed by atoms with E-state index in [0.717, 1.165) is 12.7 Å². The van der Waals surface area contributed by atoms with Gasteiger partial charge in [-0.3, -0.25) is 26.9 Å². The van der Waals surface area contributed by atoms with E-state index in [0.29, 0.717) is 0 Å². The van der Waals surface area contributed by atoms with Crippen molar-refractivity contribution in [3.8, 4) is 0 Å². The second-order valence-electron chi connectivity index (χ2n) is 13.0. The van der Waals surface area contributed by atoms with Crippen LogP contribution < -0.4 is 240 Å². The largest absolute Gasteiger partial charge is 1.00 e. The number of anilines is 2. The first kappa shape index (κ1) is 75.6. The molecule has 2 aliphatic rings. The molecule has 2 saturated heterocycles. The van der Waals surface area contributed by atoms with Crippen LogP contribution in [0.25, 0.3) is 22.3 Å². The predicted octanol–water partition coefficient (Wildman–Crippen LogP) is -25.9. The first-order chi connectivity index (χ1) is 30.8. The third-order valence-corrected chi connectivity index (χ3v) is 12.6. The van der Waals surface area contributed by atoms with Crippen molar-refractivity contribution in [2.45, 2.75) is 49.1 Å². The molecular formula is C26H36N14Na6O22P4. The van der Waals surface area contributed by atoms with E-state index in [1.165, 1.54) is 21.8 Å². The Kier molecular flexibility index (Phi) is 35.0. The molecule has 6 rings (SSSR count). The number of aromatic nitrogens is 8.